The second-order valence-corrected chi connectivity index (χ2v) is 10.3. The molecular formula is C32H26N4O3S. The van der Waals surface area contributed by atoms with Crippen molar-refractivity contribution in [3.63, 3.8) is 0 Å². The first-order chi connectivity index (χ1) is 19.5. The van der Waals surface area contributed by atoms with Crippen LogP contribution in [0.5, 0.6) is 0 Å². The minimum absolute atomic E-state index is 0.224. The molecule has 5 aromatic rings. The third-order valence-corrected chi connectivity index (χ3v) is 7.71. The van der Waals surface area contributed by atoms with Gasteiger partial charge >= 0.3 is 5.97 Å². The molecule has 7 nitrogen and oxygen atoms in total. The lowest BCUT2D eigenvalue weighted by atomic mass is 9.96. The summed E-state index contributed by atoms with van der Waals surface area (Å²) in [6.45, 7) is 3.78. The minimum Gasteiger partial charge on any atom is -0.463 e. The van der Waals surface area contributed by atoms with Gasteiger partial charge in [-0.2, -0.15) is 5.10 Å². The Kier molecular flexibility index (Phi) is 6.84. The Morgan fingerprint density at radius 2 is 1.62 bits per heavy atom. The van der Waals surface area contributed by atoms with Crippen molar-refractivity contribution < 1.29 is 9.53 Å². The number of nitrogens with zero attached hydrogens (tertiary/aromatic N) is 4. The first-order valence-electron chi connectivity index (χ1n) is 13.0. The van der Waals surface area contributed by atoms with Crippen LogP contribution >= 0.6 is 11.3 Å². The van der Waals surface area contributed by atoms with E-state index in [1.54, 1.807) is 18.4 Å². The zero-order valence-electron chi connectivity index (χ0n) is 22.0. The van der Waals surface area contributed by atoms with Crippen molar-refractivity contribution in [3.05, 3.63) is 139 Å². The summed E-state index contributed by atoms with van der Waals surface area (Å²) < 4.78 is 9.31. The summed E-state index contributed by atoms with van der Waals surface area (Å²) in [5.74, 6) is -0.470. The molecule has 6 rings (SSSR count). The average molecular weight is 547 g/mol. The SMILES string of the molecule is CCOC(=O)C1=C(C)N=c2s/c(=C/c3cn(-c4ccccc4)nc3-c3ccccc3)c(=O)n2[C@H]1c1ccccc1. The summed E-state index contributed by atoms with van der Waals surface area (Å²) in [6, 6.07) is 28.6. The van der Waals surface area contributed by atoms with Gasteiger partial charge in [0.25, 0.3) is 5.56 Å². The normalized spacial score (nSPS) is 15.1. The van der Waals surface area contributed by atoms with E-state index in [0.29, 0.717) is 20.6 Å². The summed E-state index contributed by atoms with van der Waals surface area (Å²) in [5, 5.41) is 4.88. The minimum atomic E-state index is -0.640. The lowest BCUT2D eigenvalue weighted by Crippen LogP contribution is -2.39. The fourth-order valence-corrected chi connectivity index (χ4v) is 5.95. The summed E-state index contributed by atoms with van der Waals surface area (Å²) in [5.41, 5.74) is 4.93. The third-order valence-electron chi connectivity index (χ3n) is 6.73. The van der Waals surface area contributed by atoms with E-state index in [2.05, 4.69) is 4.99 Å². The van der Waals surface area contributed by atoms with Gasteiger partial charge in [-0.3, -0.25) is 9.36 Å². The summed E-state index contributed by atoms with van der Waals surface area (Å²) >= 11 is 1.30. The van der Waals surface area contributed by atoms with E-state index in [9.17, 15) is 9.59 Å². The highest BCUT2D eigenvalue weighted by atomic mass is 32.1. The van der Waals surface area contributed by atoms with Crippen LogP contribution in [0, 0.1) is 0 Å². The Labute approximate surface area is 234 Å². The Morgan fingerprint density at radius 3 is 2.30 bits per heavy atom. The van der Waals surface area contributed by atoms with Gasteiger partial charge in [0, 0.05) is 17.3 Å². The van der Waals surface area contributed by atoms with Crippen molar-refractivity contribution in [2.24, 2.45) is 4.99 Å². The van der Waals surface area contributed by atoms with Crippen LogP contribution < -0.4 is 14.9 Å². The number of carbonyl (C=O) groups excluding carboxylic acids is 1. The van der Waals surface area contributed by atoms with Crippen molar-refractivity contribution in [2.75, 3.05) is 6.61 Å². The molecule has 1 aliphatic heterocycles. The van der Waals surface area contributed by atoms with E-state index < -0.39 is 12.0 Å². The highest BCUT2D eigenvalue weighted by Gasteiger charge is 2.33. The molecule has 0 bridgehead atoms. The number of rotatable bonds is 6. The highest BCUT2D eigenvalue weighted by molar-refractivity contribution is 7.07. The van der Waals surface area contributed by atoms with E-state index >= 15 is 0 Å². The largest absolute Gasteiger partial charge is 0.463 e. The number of benzene rings is 3. The molecule has 0 radical (unpaired) electrons. The quantitative estimate of drug-likeness (QED) is 0.291. The predicted molar refractivity (Wildman–Crippen MR) is 156 cm³/mol. The van der Waals surface area contributed by atoms with Gasteiger partial charge < -0.3 is 4.74 Å². The molecule has 8 heteroatoms. The molecule has 0 amide bonds. The summed E-state index contributed by atoms with van der Waals surface area (Å²) in [7, 11) is 0. The lowest BCUT2D eigenvalue weighted by molar-refractivity contribution is -0.139. The van der Waals surface area contributed by atoms with Gasteiger partial charge in [-0.25, -0.2) is 14.5 Å². The number of carbonyl (C=O) groups is 1. The Bertz CT molecular complexity index is 1900. The van der Waals surface area contributed by atoms with Gasteiger partial charge in [-0.05, 0) is 37.6 Å². The van der Waals surface area contributed by atoms with Crippen molar-refractivity contribution in [3.8, 4) is 16.9 Å². The van der Waals surface area contributed by atoms with Gasteiger partial charge in [-0.15, -0.1) is 0 Å². The standard InChI is InChI=1S/C32H26N4O3S/c1-3-39-31(38)27-21(2)33-32-36(29(27)23-15-9-5-10-16-23)30(37)26(40-32)19-24-20-35(25-17-11-6-12-18-25)34-28(24)22-13-7-4-8-14-22/h4-20,29H,3H2,1-2H3/b26-19+/t29-/m0/s1. The molecule has 0 aliphatic carbocycles. The third kappa shape index (κ3) is 4.63. The molecule has 0 fully saturated rings. The maximum atomic E-state index is 14.0. The van der Waals surface area contributed by atoms with Crippen LogP contribution in [0.2, 0.25) is 0 Å². The molecule has 0 spiro atoms. The lowest BCUT2D eigenvalue weighted by Gasteiger charge is -2.24. The molecule has 0 saturated carbocycles. The number of para-hydroxylation sites is 1. The van der Waals surface area contributed by atoms with Crippen LogP contribution in [-0.2, 0) is 9.53 Å². The Hall–Kier alpha value is -4.82. The van der Waals surface area contributed by atoms with Crippen LogP contribution in [0.4, 0.5) is 0 Å². The number of hydrogen-bond acceptors (Lipinski definition) is 6. The van der Waals surface area contributed by atoms with Gasteiger partial charge in [0.1, 0.15) is 0 Å². The molecule has 198 valence electrons. The molecule has 3 heterocycles. The number of hydrogen-bond donors (Lipinski definition) is 0. The van der Waals surface area contributed by atoms with E-state index in [1.807, 2.05) is 108 Å². The van der Waals surface area contributed by atoms with Crippen LogP contribution in [0.25, 0.3) is 23.0 Å². The number of fused-ring (bicyclic) bond motifs is 1. The van der Waals surface area contributed by atoms with E-state index in [4.69, 9.17) is 9.84 Å². The fraction of sp³-hybridized carbons (Fsp3) is 0.125. The van der Waals surface area contributed by atoms with Gasteiger partial charge in [0.05, 0.1) is 39.8 Å². The average Bonchev–Trinajstić information content (AvgIpc) is 3.54. The van der Waals surface area contributed by atoms with E-state index in [1.165, 1.54) is 11.3 Å². The Balaban J connectivity index is 1.56. The molecule has 0 N–H and O–H groups in total. The molecular weight excluding hydrogens is 520 g/mol. The molecule has 40 heavy (non-hydrogen) atoms. The number of thiazole rings is 1. The zero-order valence-corrected chi connectivity index (χ0v) is 22.8. The molecule has 3 aromatic carbocycles. The molecule has 1 atom stereocenters. The topological polar surface area (TPSA) is 78.5 Å². The van der Waals surface area contributed by atoms with Crippen molar-refractivity contribution in [1.82, 2.24) is 14.3 Å². The number of esters is 1. The van der Waals surface area contributed by atoms with Crippen LogP contribution in [0.1, 0.15) is 31.0 Å². The molecule has 0 saturated heterocycles. The number of ether oxygens (including phenoxy) is 1. The Morgan fingerprint density at radius 1 is 0.975 bits per heavy atom. The fourth-order valence-electron chi connectivity index (χ4n) is 4.91. The van der Waals surface area contributed by atoms with Crippen molar-refractivity contribution in [1.29, 1.82) is 0 Å². The maximum Gasteiger partial charge on any atom is 0.338 e. The van der Waals surface area contributed by atoms with Crippen molar-refractivity contribution in [2.45, 2.75) is 19.9 Å². The number of aromatic nitrogens is 3. The molecule has 1 aliphatic rings. The molecule has 0 unspecified atom stereocenters. The van der Waals surface area contributed by atoms with Crippen molar-refractivity contribution >= 4 is 23.4 Å². The monoisotopic (exact) mass is 546 g/mol. The van der Waals surface area contributed by atoms with Crippen LogP contribution in [-0.4, -0.2) is 26.9 Å². The second kappa shape index (κ2) is 10.7. The first-order valence-corrected chi connectivity index (χ1v) is 13.8. The molecule has 2 aromatic heterocycles. The number of allylic oxidation sites excluding steroid dienone is 1. The van der Waals surface area contributed by atoms with Crippen LogP contribution in [0.3, 0.4) is 0 Å². The predicted octanol–water partition coefficient (Wildman–Crippen LogP) is 4.65. The highest BCUT2D eigenvalue weighted by Crippen LogP contribution is 2.30. The smallest absolute Gasteiger partial charge is 0.338 e. The van der Waals surface area contributed by atoms with E-state index in [0.717, 1.165) is 28.1 Å². The summed E-state index contributed by atoms with van der Waals surface area (Å²) in [6.07, 6.45) is 3.80. The van der Waals surface area contributed by atoms with Gasteiger partial charge in [0.15, 0.2) is 4.80 Å². The van der Waals surface area contributed by atoms with E-state index in [-0.39, 0.29) is 12.2 Å². The first kappa shape index (κ1) is 25.5. The second-order valence-electron chi connectivity index (χ2n) is 9.29. The van der Waals surface area contributed by atoms with Gasteiger partial charge in [0.2, 0.25) is 0 Å². The maximum absolute atomic E-state index is 14.0. The zero-order chi connectivity index (χ0) is 27.6. The summed E-state index contributed by atoms with van der Waals surface area (Å²) in [4.78, 5) is 32.3. The van der Waals surface area contributed by atoms with Gasteiger partial charge in [-0.1, -0.05) is 90.2 Å². The van der Waals surface area contributed by atoms with Crippen LogP contribution in [0.15, 0.2) is 118 Å².